The molecule has 0 aliphatic heterocycles. The van der Waals surface area contributed by atoms with E-state index in [1.807, 2.05) is 11.3 Å². The van der Waals surface area contributed by atoms with Gasteiger partial charge in [-0.2, -0.15) is 0 Å². The summed E-state index contributed by atoms with van der Waals surface area (Å²) in [6, 6.07) is 11.9. The third-order valence-electron chi connectivity index (χ3n) is 3.83. The highest BCUT2D eigenvalue weighted by atomic mass is 79.9. The highest BCUT2D eigenvalue weighted by Crippen LogP contribution is 2.35. The molecule has 0 amide bonds. The van der Waals surface area contributed by atoms with Gasteiger partial charge in [0.1, 0.15) is 0 Å². The lowest BCUT2D eigenvalue weighted by Gasteiger charge is -2.25. The van der Waals surface area contributed by atoms with Crippen LogP contribution in [-0.4, -0.2) is 12.6 Å². The summed E-state index contributed by atoms with van der Waals surface area (Å²) in [5, 5.41) is 5.55. The van der Waals surface area contributed by atoms with Gasteiger partial charge in [-0.3, -0.25) is 0 Å². The summed E-state index contributed by atoms with van der Waals surface area (Å²) in [6.45, 7) is 5.09. The average molecular weight is 365 g/mol. The summed E-state index contributed by atoms with van der Waals surface area (Å²) < 4.78 is 1.21. The molecule has 0 unspecified atom stereocenters. The Balaban J connectivity index is 1.77. The topological polar surface area (TPSA) is 15.3 Å². The fourth-order valence-corrected chi connectivity index (χ4v) is 3.72. The third-order valence-corrected chi connectivity index (χ3v) is 5.43. The van der Waals surface area contributed by atoms with Crippen molar-refractivity contribution in [2.75, 3.05) is 11.4 Å². The van der Waals surface area contributed by atoms with E-state index in [1.54, 1.807) is 0 Å². The van der Waals surface area contributed by atoms with Crippen LogP contribution in [0.2, 0.25) is 0 Å². The molecule has 1 aromatic heterocycles. The Kier molecular flexibility index (Phi) is 4.99. The number of rotatable bonds is 7. The van der Waals surface area contributed by atoms with Gasteiger partial charge >= 0.3 is 0 Å². The molecule has 4 heteroatoms. The maximum absolute atomic E-state index is 3.73. The first-order chi connectivity index (χ1) is 10.3. The van der Waals surface area contributed by atoms with Crippen molar-refractivity contribution in [3.63, 3.8) is 0 Å². The van der Waals surface area contributed by atoms with Crippen molar-refractivity contribution in [3.8, 4) is 0 Å². The van der Waals surface area contributed by atoms with Crippen LogP contribution in [0.1, 0.15) is 30.2 Å². The predicted molar refractivity (Wildman–Crippen MR) is 95.0 cm³/mol. The van der Waals surface area contributed by atoms with E-state index in [2.05, 4.69) is 68.8 Å². The van der Waals surface area contributed by atoms with E-state index >= 15 is 0 Å². The van der Waals surface area contributed by atoms with Gasteiger partial charge in [0.2, 0.25) is 0 Å². The first kappa shape index (κ1) is 15.1. The van der Waals surface area contributed by atoms with Gasteiger partial charge in [-0.15, -0.1) is 11.3 Å². The van der Waals surface area contributed by atoms with Gasteiger partial charge < -0.3 is 10.2 Å². The van der Waals surface area contributed by atoms with Crippen LogP contribution in [0.4, 0.5) is 5.69 Å². The molecule has 1 aromatic carbocycles. The quantitative estimate of drug-likeness (QED) is 0.759. The molecule has 0 bridgehead atoms. The van der Waals surface area contributed by atoms with Crippen molar-refractivity contribution in [1.82, 2.24) is 5.32 Å². The number of nitrogens with zero attached hydrogens (tertiary/aromatic N) is 1. The zero-order valence-corrected chi connectivity index (χ0v) is 14.7. The number of hydrogen-bond donors (Lipinski definition) is 1. The monoisotopic (exact) mass is 364 g/mol. The van der Waals surface area contributed by atoms with Crippen LogP contribution >= 0.6 is 27.3 Å². The Morgan fingerprint density at radius 2 is 2.19 bits per heavy atom. The highest BCUT2D eigenvalue weighted by Gasteiger charge is 2.29. The predicted octanol–water partition coefficient (Wildman–Crippen LogP) is 4.79. The molecule has 1 N–H and O–H groups in total. The number of benzene rings is 1. The van der Waals surface area contributed by atoms with E-state index in [9.17, 15) is 0 Å². The number of nitrogens with one attached hydrogen (secondary N) is 1. The van der Waals surface area contributed by atoms with Gasteiger partial charge in [-0.25, -0.2) is 0 Å². The molecular formula is C17H21BrN2S. The molecule has 2 nitrogen and oxygen atoms in total. The molecular weight excluding hydrogens is 344 g/mol. The second kappa shape index (κ2) is 6.95. The maximum atomic E-state index is 3.73. The van der Waals surface area contributed by atoms with Gasteiger partial charge in [0, 0.05) is 27.6 Å². The molecule has 112 valence electrons. The molecule has 3 rings (SSSR count). The van der Waals surface area contributed by atoms with Gasteiger partial charge in [0.15, 0.2) is 0 Å². The zero-order chi connectivity index (χ0) is 14.7. The fourth-order valence-electron chi connectivity index (χ4n) is 2.51. The van der Waals surface area contributed by atoms with E-state index in [4.69, 9.17) is 0 Å². The molecule has 0 spiro atoms. The minimum atomic E-state index is 0.721. The molecule has 1 aliphatic rings. The summed E-state index contributed by atoms with van der Waals surface area (Å²) in [7, 11) is 0. The summed E-state index contributed by atoms with van der Waals surface area (Å²) in [5.74, 6) is 0. The van der Waals surface area contributed by atoms with E-state index in [-0.39, 0.29) is 0 Å². The van der Waals surface area contributed by atoms with E-state index < -0.39 is 0 Å². The van der Waals surface area contributed by atoms with E-state index in [1.165, 1.54) is 33.4 Å². The molecule has 1 fully saturated rings. The number of thiophene rings is 1. The lowest BCUT2D eigenvalue weighted by atomic mass is 10.2. The van der Waals surface area contributed by atoms with Crippen LogP contribution in [0.5, 0.6) is 0 Å². The Morgan fingerprint density at radius 3 is 2.81 bits per heavy atom. The standard InChI is InChI=1S/C17H21BrN2S/c1-2-19-11-13-5-6-15(10-17(13)18)20(14-7-8-14)12-16-4-3-9-21-16/h3-6,9-10,14,19H,2,7-8,11-12H2,1H3. The van der Waals surface area contributed by atoms with Crippen LogP contribution in [-0.2, 0) is 13.1 Å². The minimum Gasteiger partial charge on any atom is -0.363 e. The van der Waals surface area contributed by atoms with Crippen molar-refractivity contribution in [2.24, 2.45) is 0 Å². The first-order valence-electron chi connectivity index (χ1n) is 7.56. The summed E-state index contributed by atoms with van der Waals surface area (Å²) in [6.07, 6.45) is 2.64. The Morgan fingerprint density at radius 1 is 1.33 bits per heavy atom. The second-order valence-corrected chi connectivity index (χ2v) is 7.38. The van der Waals surface area contributed by atoms with Crippen LogP contribution < -0.4 is 10.2 Å². The van der Waals surface area contributed by atoms with Crippen LogP contribution in [0.15, 0.2) is 40.2 Å². The van der Waals surface area contributed by atoms with Crippen LogP contribution in [0.25, 0.3) is 0 Å². The zero-order valence-electron chi connectivity index (χ0n) is 12.3. The van der Waals surface area contributed by atoms with Crippen LogP contribution in [0, 0.1) is 0 Å². The van der Waals surface area contributed by atoms with Gasteiger partial charge in [-0.1, -0.05) is 35.0 Å². The highest BCUT2D eigenvalue weighted by molar-refractivity contribution is 9.10. The van der Waals surface area contributed by atoms with Crippen molar-refractivity contribution in [3.05, 3.63) is 50.6 Å². The first-order valence-corrected chi connectivity index (χ1v) is 9.23. The number of halogens is 1. The third kappa shape index (κ3) is 3.87. The molecule has 0 radical (unpaired) electrons. The summed E-state index contributed by atoms with van der Waals surface area (Å²) in [5.41, 5.74) is 2.66. The van der Waals surface area contributed by atoms with Crippen molar-refractivity contribution >= 4 is 33.0 Å². The molecule has 2 aromatic rings. The summed E-state index contributed by atoms with van der Waals surface area (Å²) in [4.78, 5) is 3.99. The molecule has 1 saturated carbocycles. The smallest absolute Gasteiger partial charge is 0.0525 e. The second-order valence-electron chi connectivity index (χ2n) is 5.49. The normalized spacial score (nSPS) is 14.4. The number of hydrogen-bond acceptors (Lipinski definition) is 3. The van der Waals surface area contributed by atoms with E-state index in [0.717, 1.165) is 25.7 Å². The Hall–Kier alpha value is -0.840. The molecule has 21 heavy (non-hydrogen) atoms. The fraction of sp³-hybridized carbons (Fsp3) is 0.412. The Labute approximate surface area is 139 Å². The molecule has 1 aliphatic carbocycles. The lowest BCUT2D eigenvalue weighted by Crippen LogP contribution is -2.24. The maximum Gasteiger partial charge on any atom is 0.0525 e. The van der Waals surface area contributed by atoms with Crippen molar-refractivity contribution in [2.45, 2.75) is 38.9 Å². The average Bonchev–Trinajstić information content (AvgIpc) is 3.20. The van der Waals surface area contributed by atoms with Gasteiger partial charge in [0.25, 0.3) is 0 Å². The van der Waals surface area contributed by atoms with Crippen molar-refractivity contribution < 1.29 is 0 Å². The van der Waals surface area contributed by atoms with Gasteiger partial charge in [0.05, 0.1) is 6.54 Å². The Bertz CT molecular complexity index is 578. The largest absolute Gasteiger partial charge is 0.363 e. The van der Waals surface area contributed by atoms with Gasteiger partial charge in [-0.05, 0) is 48.5 Å². The SMILES string of the molecule is CCNCc1ccc(N(Cc2cccs2)C2CC2)cc1Br. The molecule has 1 heterocycles. The number of anilines is 1. The van der Waals surface area contributed by atoms with Crippen LogP contribution in [0.3, 0.4) is 0 Å². The van der Waals surface area contributed by atoms with Crippen molar-refractivity contribution in [1.29, 1.82) is 0 Å². The molecule has 0 atom stereocenters. The lowest BCUT2D eigenvalue weighted by molar-refractivity contribution is 0.724. The van der Waals surface area contributed by atoms with E-state index in [0.29, 0.717) is 0 Å². The molecule has 0 saturated heterocycles. The minimum absolute atomic E-state index is 0.721. The summed E-state index contributed by atoms with van der Waals surface area (Å²) >= 11 is 5.58.